The van der Waals surface area contributed by atoms with Crippen LogP contribution in [0.1, 0.15) is 87.7 Å². The molecule has 2 heterocycles. The standard InChI is InChI=1S/C36H37N3.Au.ClH/c1-2-8-27(9-3-1)31-15-14-28-10-4-6-12-30(28)34(31)35-32-13-7-5-11-29(32)19-33-37-39(23-38(33)35)36-20-24-16-25(21-36)18-26(17-24)22-36;;/h4-7,10-15,19,24-27H,1-3,8-9,16-18,20-22H2;;1H/q;+1;/p-1. The van der Waals surface area contributed by atoms with Crippen molar-refractivity contribution in [2.45, 2.75) is 82.1 Å². The Hall–Kier alpha value is -2.04. The first-order chi connectivity index (χ1) is 20.2. The Morgan fingerprint density at radius 3 is 2.24 bits per heavy atom. The van der Waals surface area contributed by atoms with E-state index in [0.717, 1.165) is 23.6 Å². The van der Waals surface area contributed by atoms with E-state index in [4.69, 9.17) is 5.10 Å². The second-order valence-corrected chi connectivity index (χ2v) is 13.5. The Kier molecular flexibility index (Phi) is 6.87. The fraction of sp³-hybridized carbons (Fsp3) is 0.444. The summed E-state index contributed by atoms with van der Waals surface area (Å²) in [5, 5.41) is 13.0. The molecular weight excluding hydrogens is 707 g/mol. The third kappa shape index (κ3) is 4.37. The summed E-state index contributed by atoms with van der Waals surface area (Å²) in [5.41, 5.74) is 4.38. The average Bonchev–Trinajstić information content (AvgIpc) is 3.45. The van der Waals surface area contributed by atoms with E-state index < -0.39 is 0 Å². The maximum atomic E-state index is 5.39. The van der Waals surface area contributed by atoms with Gasteiger partial charge in [0.2, 0.25) is 6.67 Å². The molecule has 0 amide bonds. The number of rotatable bonds is 3. The monoisotopic (exact) mass is 743 g/mol. The van der Waals surface area contributed by atoms with Crippen LogP contribution in [0.15, 0.2) is 65.8 Å². The van der Waals surface area contributed by atoms with E-state index in [0.29, 0.717) is 5.92 Å². The van der Waals surface area contributed by atoms with Gasteiger partial charge in [0.25, 0.3) is 0 Å². The third-order valence-electron chi connectivity index (χ3n) is 11.0. The molecule has 3 aromatic carbocycles. The summed E-state index contributed by atoms with van der Waals surface area (Å²) in [6.45, 7) is 3.93. The summed E-state index contributed by atoms with van der Waals surface area (Å²) in [7, 11) is 4.58. The number of hydrogen-bond acceptors (Lipinski definition) is 3. The second-order valence-electron chi connectivity index (χ2n) is 13.5. The van der Waals surface area contributed by atoms with Crippen molar-refractivity contribution in [2.24, 2.45) is 22.9 Å². The van der Waals surface area contributed by atoms with E-state index in [1.165, 1.54) is 109 Å². The van der Waals surface area contributed by atoms with Crippen LogP contribution >= 0.6 is 9.19 Å². The number of amidine groups is 1. The SMILES string of the molecule is [C]1N2C(=NN1C13CC4CC(CC(C4)C1)C3)C=c1ccccc1=C2c1c(C2CCCCC2)ccc2ccccc12.[Cl][Au]. The quantitative estimate of drug-likeness (QED) is 0.260. The van der Waals surface area contributed by atoms with Crippen LogP contribution in [-0.4, -0.2) is 21.3 Å². The van der Waals surface area contributed by atoms with Crippen LogP contribution in [0.3, 0.4) is 0 Å². The number of fused-ring (bicyclic) bond motifs is 3. The molecule has 0 unspecified atom stereocenters. The number of nitrogens with zero attached hydrogens (tertiary/aromatic N) is 3. The van der Waals surface area contributed by atoms with E-state index in [9.17, 15) is 0 Å². The van der Waals surface area contributed by atoms with Crippen LogP contribution in [-0.2, 0) is 20.0 Å². The van der Waals surface area contributed by atoms with Gasteiger partial charge in [0.1, 0.15) is 0 Å². The molecule has 10 rings (SSSR count). The molecule has 41 heavy (non-hydrogen) atoms. The molecule has 2 radical (unpaired) electrons. The molecule has 0 saturated heterocycles. The topological polar surface area (TPSA) is 18.8 Å². The van der Waals surface area contributed by atoms with Crippen LogP contribution in [0.4, 0.5) is 0 Å². The Balaban J connectivity index is 0.00000125. The number of halogens is 1. The van der Waals surface area contributed by atoms with Crippen molar-refractivity contribution in [3.63, 3.8) is 0 Å². The number of hydrazone groups is 1. The summed E-state index contributed by atoms with van der Waals surface area (Å²) in [6.07, 6.45) is 17.2. The van der Waals surface area contributed by atoms with Gasteiger partial charge in [-0.2, -0.15) is 5.10 Å². The predicted molar refractivity (Wildman–Crippen MR) is 164 cm³/mol. The normalized spacial score (nSPS) is 30.0. The molecule has 0 atom stereocenters. The molecule has 3 nitrogen and oxygen atoms in total. The van der Waals surface area contributed by atoms with Gasteiger partial charge in [0, 0.05) is 10.8 Å². The summed E-state index contributed by atoms with van der Waals surface area (Å²) >= 11 is 1.75. The first kappa shape index (κ1) is 26.6. The van der Waals surface area contributed by atoms with Crippen LogP contribution < -0.4 is 10.4 Å². The van der Waals surface area contributed by atoms with Crippen LogP contribution in [0.25, 0.3) is 22.5 Å². The maximum absolute atomic E-state index is 5.39. The van der Waals surface area contributed by atoms with Gasteiger partial charge in [-0.15, -0.1) is 0 Å². The third-order valence-corrected chi connectivity index (χ3v) is 11.0. The van der Waals surface area contributed by atoms with E-state index in [-0.39, 0.29) is 5.54 Å². The van der Waals surface area contributed by atoms with Crippen molar-refractivity contribution in [1.29, 1.82) is 0 Å². The molecule has 5 aliphatic carbocycles. The fourth-order valence-electron chi connectivity index (χ4n) is 9.76. The van der Waals surface area contributed by atoms with Crippen LogP contribution in [0.5, 0.6) is 0 Å². The molecule has 0 N–H and O–H groups in total. The Bertz CT molecular complexity index is 1600. The van der Waals surface area contributed by atoms with Gasteiger partial charge in [-0.1, -0.05) is 79.9 Å². The molecule has 2 aliphatic heterocycles. The zero-order valence-electron chi connectivity index (χ0n) is 23.5. The summed E-state index contributed by atoms with van der Waals surface area (Å²) in [4.78, 5) is 2.36. The predicted octanol–water partition coefficient (Wildman–Crippen LogP) is 7.42. The molecule has 3 aromatic rings. The van der Waals surface area contributed by atoms with Crippen LogP contribution in [0, 0.1) is 24.4 Å². The van der Waals surface area contributed by atoms with E-state index >= 15 is 0 Å². The van der Waals surface area contributed by atoms with E-state index in [1.807, 2.05) is 0 Å². The van der Waals surface area contributed by atoms with Gasteiger partial charge in [-0.05, 0) is 103 Å². The summed E-state index contributed by atoms with van der Waals surface area (Å²) in [5.74, 6) is 4.32. The zero-order valence-corrected chi connectivity index (χ0v) is 26.4. The van der Waals surface area contributed by atoms with Crippen molar-refractivity contribution in [1.82, 2.24) is 9.91 Å². The second kappa shape index (κ2) is 10.6. The molecular formula is C36H37AuClN3. The Labute approximate surface area is 260 Å². The molecule has 4 bridgehead atoms. The van der Waals surface area contributed by atoms with Crippen LogP contribution in [0.2, 0.25) is 0 Å². The van der Waals surface area contributed by atoms with Crippen molar-refractivity contribution in [3.8, 4) is 0 Å². The fourth-order valence-corrected chi connectivity index (χ4v) is 9.76. The number of hydrogen-bond donors (Lipinski definition) is 0. The molecule has 214 valence electrons. The molecule has 0 spiro atoms. The van der Waals surface area contributed by atoms with Crippen molar-refractivity contribution in [3.05, 3.63) is 88.9 Å². The molecule has 5 saturated carbocycles. The first-order valence-electron chi connectivity index (χ1n) is 15.6. The minimum atomic E-state index is 0.162. The van der Waals surface area contributed by atoms with Gasteiger partial charge in [0.05, 0.1) is 11.2 Å². The van der Waals surface area contributed by atoms with Gasteiger partial charge in [0.15, 0.2) is 5.84 Å². The molecule has 7 aliphatic rings. The molecule has 5 heteroatoms. The minimum absolute atomic E-state index is 0.162. The Morgan fingerprint density at radius 1 is 0.805 bits per heavy atom. The van der Waals surface area contributed by atoms with Crippen molar-refractivity contribution in [2.75, 3.05) is 0 Å². The van der Waals surface area contributed by atoms with Gasteiger partial charge >= 0.3 is 29.2 Å². The van der Waals surface area contributed by atoms with Gasteiger partial charge in [-0.25, -0.2) is 0 Å². The van der Waals surface area contributed by atoms with Gasteiger partial charge in [-0.3, -0.25) is 9.91 Å². The average molecular weight is 744 g/mol. The molecule has 5 fully saturated rings. The summed E-state index contributed by atoms with van der Waals surface area (Å²) in [6, 6.07) is 22.8. The van der Waals surface area contributed by atoms with Crippen molar-refractivity contribution >= 4 is 37.6 Å². The molecule has 0 aromatic heterocycles. The van der Waals surface area contributed by atoms with Gasteiger partial charge < -0.3 is 0 Å². The van der Waals surface area contributed by atoms with E-state index in [1.54, 1.807) is 20.0 Å². The first-order valence-corrected chi connectivity index (χ1v) is 18.3. The summed E-state index contributed by atoms with van der Waals surface area (Å²) < 4.78 is 0. The Morgan fingerprint density at radius 2 is 1.49 bits per heavy atom. The number of benzene rings is 3. The zero-order chi connectivity index (χ0) is 27.6. The van der Waals surface area contributed by atoms with Crippen molar-refractivity contribution < 1.29 is 20.0 Å². The van der Waals surface area contributed by atoms with E-state index in [2.05, 4.69) is 92.5 Å².